The van der Waals surface area contributed by atoms with E-state index < -0.39 is 6.02 Å². The van der Waals surface area contributed by atoms with Crippen LogP contribution in [-0.4, -0.2) is 23.4 Å². The Morgan fingerprint density at radius 1 is 1.45 bits per heavy atom. The zero-order valence-corrected chi connectivity index (χ0v) is 6.30. The lowest BCUT2D eigenvalue weighted by Gasteiger charge is -2.24. The summed E-state index contributed by atoms with van der Waals surface area (Å²) in [4.78, 5) is 12.1. The number of carbonyl (C=O) groups excluding carboxylic acids is 1. The maximum Gasteiger partial charge on any atom is 0.227 e. The van der Waals surface area contributed by atoms with Crippen LogP contribution < -0.4 is 5.11 Å². The molecule has 1 aliphatic heterocycles. The Hall–Kier alpha value is -1.06. The number of nitrogens with zero attached hydrogens (tertiary/aromatic N) is 1. The van der Waals surface area contributed by atoms with Gasteiger partial charge in [0, 0.05) is 13.0 Å². The van der Waals surface area contributed by atoms with Crippen molar-refractivity contribution in [3.8, 4) is 0 Å². The summed E-state index contributed by atoms with van der Waals surface area (Å²) >= 11 is 0. The van der Waals surface area contributed by atoms with Crippen molar-refractivity contribution in [2.45, 2.75) is 25.7 Å². The van der Waals surface area contributed by atoms with Crippen LogP contribution in [0, 0.1) is 5.41 Å². The van der Waals surface area contributed by atoms with Crippen LogP contribution >= 0.6 is 0 Å². The first kappa shape index (κ1) is 8.04. The van der Waals surface area contributed by atoms with E-state index in [0.717, 1.165) is 24.2 Å². The van der Waals surface area contributed by atoms with E-state index in [4.69, 9.17) is 5.41 Å². The highest BCUT2D eigenvalue weighted by Gasteiger charge is 2.15. The molecule has 0 spiro atoms. The standard InChI is InChI=1S/C7H12N2O2/c8-7(11)9-5-3-1-2-4-6(9)10/h1-5H2,(H2,8,11)/p-1. The van der Waals surface area contributed by atoms with Gasteiger partial charge >= 0.3 is 0 Å². The van der Waals surface area contributed by atoms with Gasteiger partial charge in [0.25, 0.3) is 0 Å². The highest BCUT2D eigenvalue weighted by molar-refractivity contribution is 5.91. The predicted octanol–water partition coefficient (Wildman–Crippen LogP) is -0.316. The molecule has 0 aliphatic carbocycles. The second-order valence-electron chi connectivity index (χ2n) is 2.66. The van der Waals surface area contributed by atoms with E-state index in [0.29, 0.717) is 13.0 Å². The molecule has 0 aromatic rings. The average Bonchev–Trinajstić information content (AvgIpc) is 2.13. The van der Waals surface area contributed by atoms with E-state index in [-0.39, 0.29) is 5.91 Å². The molecular weight excluding hydrogens is 144 g/mol. The third kappa shape index (κ3) is 1.93. The van der Waals surface area contributed by atoms with Crippen molar-refractivity contribution in [2.75, 3.05) is 6.54 Å². The van der Waals surface area contributed by atoms with Gasteiger partial charge in [0.05, 0.1) is 6.02 Å². The van der Waals surface area contributed by atoms with Crippen molar-refractivity contribution in [2.24, 2.45) is 0 Å². The van der Waals surface area contributed by atoms with Crippen LogP contribution in [0.1, 0.15) is 25.7 Å². The largest absolute Gasteiger partial charge is 0.846 e. The summed E-state index contributed by atoms with van der Waals surface area (Å²) in [6.45, 7) is 0.432. The van der Waals surface area contributed by atoms with Gasteiger partial charge in [0.1, 0.15) is 0 Å². The molecule has 0 aromatic carbocycles. The summed E-state index contributed by atoms with van der Waals surface area (Å²) in [5.74, 6) is -0.192. The second-order valence-corrected chi connectivity index (χ2v) is 2.66. The lowest BCUT2D eigenvalue weighted by molar-refractivity contribution is -0.235. The Morgan fingerprint density at radius 3 is 2.82 bits per heavy atom. The number of rotatable bonds is 0. The van der Waals surface area contributed by atoms with Gasteiger partial charge in [0.2, 0.25) is 5.91 Å². The molecule has 1 fully saturated rings. The number of hydrogen-bond donors (Lipinski definition) is 1. The van der Waals surface area contributed by atoms with E-state index in [1.54, 1.807) is 0 Å². The molecule has 4 nitrogen and oxygen atoms in total. The van der Waals surface area contributed by atoms with Crippen LogP contribution in [0.4, 0.5) is 0 Å². The van der Waals surface area contributed by atoms with Gasteiger partial charge in [-0.2, -0.15) is 0 Å². The Labute approximate surface area is 65.3 Å². The normalized spacial score (nSPS) is 19.6. The zero-order chi connectivity index (χ0) is 8.27. The Bertz CT molecular complexity index is 179. The van der Waals surface area contributed by atoms with Crippen LogP contribution in [0.3, 0.4) is 0 Å². The molecule has 1 rings (SSSR count). The van der Waals surface area contributed by atoms with E-state index in [2.05, 4.69) is 0 Å². The van der Waals surface area contributed by atoms with Crippen molar-refractivity contribution in [3.05, 3.63) is 0 Å². The molecule has 0 atom stereocenters. The van der Waals surface area contributed by atoms with Crippen molar-refractivity contribution < 1.29 is 9.90 Å². The van der Waals surface area contributed by atoms with Crippen LogP contribution in [0.25, 0.3) is 0 Å². The van der Waals surface area contributed by atoms with Crippen molar-refractivity contribution in [1.29, 1.82) is 5.41 Å². The third-order valence-electron chi connectivity index (χ3n) is 1.82. The molecule has 1 heterocycles. The van der Waals surface area contributed by atoms with Crippen LogP contribution in [0.2, 0.25) is 0 Å². The molecule has 0 saturated carbocycles. The summed E-state index contributed by atoms with van der Waals surface area (Å²) < 4.78 is 0. The van der Waals surface area contributed by atoms with Gasteiger partial charge in [-0.1, -0.05) is 6.42 Å². The van der Waals surface area contributed by atoms with E-state index in [9.17, 15) is 9.90 Å². The Balaban J connectivity index is 2.59. The minimum atomic E-state index is -0.864. The predicted molar refractivity (Wildman–Crippen MR) is 37.9 cm³/mol. The first-order valence-corrected chi connectivity index (χ1v) is 3.78. The van der Waals surface area contributed by atoms with Crippen molar-refractivity contribution in [1.82, 2.24) is 4.90 Å². The van der Waals surface area contributed by atoms with Gasteiger partial charge in [-0.05, 0) is 12.8 Å². The Morgan fingerprint density at radius 2 is 2.18 bits per heavy atom. The van der Waals surface area contributed by atoms with Crippen molar-refractivity contribution >= 4 is 11.9 Å². The fraction of sp³-hybridized carbons (Fsp3) is 0.714. The van der Waals surface area contributed by atoms with E-state index >= 15 is 0 Å². The maximum absolute atomic E-state index is 11.0. The van der Waals surface area contributed by atoms with Crippen LogP contribution in [-0.2, 0) is 4.79 Å². The second kappa shape index (κ2) is 3.37. The van der Waals surface area contributed by atoms with Gasteiger partial charge in [-0.15, -0.1) is 0 Å². The fourth-order valence-corrected chi connectivity index (χ4v) is 1.20. The van der Waals surface area contributed by atoms with Crippen LogP contribution in [0.15, 0.2) is 0 Å². The third-order valence-corrected chi connectivity index (χ3v) is 1.82. The molecule has 62 valence electrons. The summed E-state index contributed by atoms with van der Waals surface area (Å²) in [6, 6.07) is -0.864. The quantitative estimate of drug-likeness (QED) is 0.385. The molecule has 11 heavy (non-hydrogen) atoms. The van der Waals surface area contributed by atoms with E-state index in [1.807, 2.05) is 0 Å². The highest BCUT2D eigenvalue weighted by Crippen LogP contribution is 2.09. The first-order valence-electron chi connectivity index (χ1n) is 3.78. The number of likely N-dealkylation sites (tertiary alicyclic amines) is 1. The van der Waals surface area contributed by atoms with Gasteiger partial charge in [-0.3, -0.25) is 10.2 Å². The number of amides is 1. The lowest BCUT2D eigenvalue weighted by Crippen LogP contribution is -2.43. The van der Waals surface area contributed by atoms with Crippen molar-refractivity contribution in [3.63, 3.8) is 0 Å². The summed E-state index contributed by atoms with van der Waals surface area (Å²) in [7, 11) is 0. The molecule has 4 heteroatoms. The molecule has 1 aliphatic rings. The molecule has 1 amide bonds. The zero-order valence-electron chi connectivity index (χ0n) is 6.30. The van der Waals surface area contributed by atoms with E-state index in [1.165, 1.54) is 0 Å². The minimum absolute atomic E-state index is 0.192. The minimum Gasteiger partial charge on any atom is -0.846 e. The van der Waals surface area contributed by atoms with Gasteiger partial charge in [-0.25, -0.2) is 0 Å². The lowest BCUT2D eigenvalue weighted by atomic mass is 10.2. The number of hydrogen-bond acceptors (Lipinski definition) is 3. The summed E-state index contributed by atoms with van der Waals surface area (Å²) in [6.07, 6.45) is 3.10. The maximum atomic E-state index is 11.0. The molecule has 1 saturated heterocycles. The molecule has 0 bridgehead atoms. The van der Waals surface area contributed by atoms with Gasteiger partial charge in [0.15, 0.2) is 0 Å². The topological polar surface area (TPSA) is 67.2 Å². The molecule has 0 aromatic heterocycles. The molecule has 1 N–H and O–H groups in total. The summed E-state index contributed by atoms with van der Waals surface area (Å²) in [5.41, 5.74) is 0. The monoisotopic (exact) mass is 155 g/mol. The molecular formula is C7H11N2O2-. The smallest absolute Gasteiger partial charge is 0.227 e. The van der Waals surface area contributed by atoms with Crippen LogP contribution in [0.5, 0.6) is 0 Å². The molecule has 0 radical (unpaired) electrons. The first-order chi connectivity index (χ1) is 5.22. The highest BCUT2D eigenvalue weighted by atomic mass is 16.3. The molecule has 0 unspecified atom stereocenters. The SMILES string of the molecule is N=C([O-])N1CCCCCC1=O. The number of carbonyl (C=O) groups is 1. The number of amidine groups is 1. The number of nitrogens with one attached hydrogen (secondary N) is 1. The fourth-order valence-electron chi connectivity index (χ4n) is 1.20. The van der Waals surface area contributed by atoms with Gasteiger partial charge < -0.3 is 10.0 Å². The summed E-state index contributed by atoms with van der Waals surface area (Å²) in [5, 5.41) is 17.3. The average molecular weight is 155 g/mol. The Kier molecular flexibility index (Phi) is 2.46.